The Morgan fingerprint density at radius 2 is 1.52 bits per heavy atom. The molecule has 2 heterocycles. The first-order chi connectivity index (χ1) is 21.4. The Morgan fingerprint density at radius 3 is 2.15 bits per heavy atom. The molecule has 0 aliphatic carbocycles. The van der Waals surface area contributed by atoms with Crippen LogP contribution >= 0.6 is 37.2 Å². The van der Waals surface area contributed by atoms with Crippen molar-refractivity contribution in [3.05, 3.63) is 107 Å². The lowest BCUT2D eigenvalue weighted by Crippen LogP contribution is -2.56. The molecule has 14 heteroatoms. The normalized spacial score (nSPS) is 14.9. The zero-order chi connectivity index (χ0) is 32.2. The van der Waals surface area contributed by atoms with E-state index in [-0.39, 0.29) is 49.8 Å². The van der Waals surface area contributed by atoms with Gasteiger partial charge in [0.1, 0.15) is 0 Å². The number of pyridine rings is 1. The van der Waals surface area contributed by atoms with Crippen molar-refractivity contribution < 1.29 is 31.1 Å². The Hall–Kier alpha value is -3.69. The molecule has 0 radical (unpaired) electrons. The van der Waals surface area contributed by atoms with Crippen molar-refractivity contribution in [1.82, 2.24) is 14.8 Å². The van der Waals surface area contributed by atoms with Gasteiger partial charge in [0.05, 0.1) is 36.1 Å². The van der Waals surface area contributed by atoms with E-state index in [9.17, 15) is 31.1 Å². The van der Waals surface area contributed by atoms with Gasteiger partial charge < -0.3 is 9.80 Å². The number of carbonyl (C=O) groups is 1. The van der Waals surface area contributed by atoms with E-state index in [0.717, 1.165) is 22.0 Å². The number of fused-ring (bicyclic) bond motifs is 1. The van der Waals surface area contributed by atoms with Crippen LogP contribution in [-0.4, -0.2) is 66.5 Å². The van der Waals surface area contributed by atoms with Crippen molar-refractivity contribution >= 4 is 59.6 Å². The van der Waals surface area contributed by atoms with Gasteiger partial charge in [0, 0.05) is 44.5 Å². The molecule has 0 bridgehead atoms. The second-order valence-electron chi connectivity index (χ2n) is 11.0. The molecule has 0 unspecified atom stereocenters. The van der Waals surface area contributed by atoms with E-state index in [1.54, 1.807) is 12.4 Å². The summed E-state index contributed by atoms with van der Waals surface area (Å²) in [4.78, 5) is 23.2. The summed E-state index contributed by atoms with van der Waals surface area (Å²) in [5.74, 6) is 5.40. The number of rotatable bonds is 6. The van der Waals surface area contributed by atoms with Crippen molar-refractivity contribution in [3.63, 3.8) is 0 Å². The Morgan fingerprint density at radius 1 is 0.854 bits per heavy atom. The lowest BCUT2D eigenvalue weighted by Gasteiger charge is -2.41. The highest BCUT2D eigenvalue weighted by Crippen LogP contribution is 2.37. The molecule has 48 heavy (non-hydrogen) atoms. The van der Waals surface area contributed by atoms with Crippen LogP contribution in [0.5, 0.6) is 0 Å². The number of benzene rings is 3. The number of aromatic nitrogens is 1. The minimum Gasteiger partial charge on any atom is -0.362 e. The average Bonchev–Trinajstić information content (AvgIpc) is 3.02. The van der Waals surface area contributed by atoms with Crippen LogP contribution in [0.4, 0.5) is 32.0 Å². The van der Waals surface area contributed by atoms with Gasteiger partial charge in [0.25, 0.3) is 5.91 Å². The van der Waals surface area contributed by atoms with E-state index in [1.807, 2.05) is 71.4 Å². The summed E-state index contributed by atoms with van der Waals surface area (Å²) < 4.78 is 81.4. The van der Waals surface area contributed by atoms with Crippen LogP contribution in [0, 0.1) is 11.8 Å². The summed E-state index contributed by atoms with van der Waals surface area (Å²) >= 11 is 0. The minimum atomic E-state index is -5.05. The van der Waals surface area contributed by atoms with Gasteiger partial charge in [-0.3, -0.25) is 14.7 Å². The number of carbonyl (C=O) groups excluding carboxylic acids is 1. The molecule has 0 spiro atoms. The fourth-order valence-corrected chi connectivity index (χ4v) is 5.40. The third-order valence-corrected chi connectivity index (χ3v) is 7.78. The van der Waals surface area contributed by atoms with Crippen LogP contribution in [0.15, 0.2) is 85.2 Å². The van der Waals surface area contributed by atoms with Gasteiger partial charge in [-0.15, -0.1) is 37.2 Å². The molecular weight excluding hydrogens is 701 g/mol. The highest BCUT2D eigenvalue weighted by molar-refractivity contribution is 5.95. The third kappa shape index (κ3) is 10.2. The molecule has 1 fully saturated rings. The quantitative estimate of drug-likeness (QED) is 0.149. The molecular formula is C34H33Cl3F6N4O. The number of hydrogen-bond donors (Lipinski definition) is 0. The predicted molar refractivity (Wildman–Crippen MR) is 182 cm³/mol. The van der Waals surface area contributed by atoms with E-state index in [4.69, 9.17) is 0 Å². The number of amides is 1. The second kappa shape index (κ2) is 17.1. The molecule has 0 N–H and O–H groups in total. The fraction of sp³-hybridized carbons (Fsp3) is 0.294. The van der Waals surface area contributed by atoms with Crippen LogP contribution in [-0.2, 0) is 18.8 Å². The van der Waals surface area contributed by atoms with Crippen LogP contribution in [0.2, 0.25) is 0 Å². The first kappa shape index (κ1) is 40.5. The van der Waals surface area contributed by atoms with Gasteiger partial charge in [0.15, 0.2) is 0 Å². The topological polar surface area (TPSA) is 39.7 Å². The average molecular weight is 734 g/mol. The molecule has 1 saturated heterocycles. The zero-order valence-corrected chi connectivity index (χ0v) is 28.0. The minimum absolute atomic E-state index is 0. The Bertz CT molecular complexity index is 1700. The smallest absolute Gasteiger partial charge is 0.362 e. The summed E-state index contributed by atoms with van der Waals surface area (Å²) in [6.45, 7) is 1.67. The highest BCUT2D eigenvalue weighted by Gasteiger charge is 2.39. The van der Waals surface area contributed by atoms with Crippen molar-refractivity contribution in [2.75, 3.05) is 44.7 Å². The summed E-state index contributed by atoms with van der Waals surface area (Å²) in [6, 6.07) is 17.9. The molecule has 1 aliphatic rings. The molecule has 4 aromatic rings. The molecule has 258 valence electrons. The van der Waals surface area contributed by atoms with Gasteiger partial charge in [0.2, 0.25) is 0 Å². The molecule has 5 nitrogen and oxygen atoms in total. The molecule has 0 saturated carbocycles. The number of halogens is 9. The van der Waals surface area contributed by atoms with Gasteiger partial charge >= 0.3 is 12.4 Å². The van der Waals surface area contributed by atoms with E-state index in [2.05, 4.69) is 16.8 Å². The SMILES string of the molecule is CN(CC#CCN1CCN(C(=O)c2cc(C(F)(F)F)cc(C(F)(F)F)c2)[C@H](Cc2ccc3ccccc3c2)C1)c1cccnc1.Cl.Cl.Cl. The summed E-state index contributed by atoms with van der Waals surface area (Å²) in [6.07, 6.45) is -6.33. The monoisotopic (exact) mass is 732 g/mol. The van der Waals surface area contributed by atoms with Crippen molar-refractivity contribution in [2.24, 2.45) is 0 Å². The number of hydrogen-bond acceptors (Lipinski definition) is 4. The van der Waals surface area contributed by atoms with Crippen molar-refractivity contribution in [1.29, 1.82) is 0 Å². The van der Waals surface area contributed by atoms with Crippen LogP contribution in [0.1, 0.15) is 27.0 Å². The lowest BCUT2D eigenvalue weighted by atomic mass is 9.97. The second-order valence-corrected chi connectivity index (χ2v) is 11.0. The van der Waals surface area contributed by atoms with Crippen molar-refractivity contribution in [2.45, 2.75) is 24.8 Å². The van der Waals surface area contributed by atoms with E-state index < -0.39 is 41.0 Å². The predicted octanol–water partition coefficient (Wildman–Crippen LogP) is 8.05. The molecule has 5 rings (SSSR count). The maximum absolute atomic E-state index is 13.7. The molecule has 3 aromatic carbocycles. The van der Waals surface area contributed by atoms with E-state index in [1.165, 1.54) is 4.90 Å². The Labute approximate surface area is 293 Å². The largest absolute Gasteiger partial charge is 0.416 e. The molecule has 1 atom stereocenters. The third-order valence-electron chi connectivity index (χ3n) is 7.78. The van der Waals surface area contributed by atoms with Crippen molar-refractivity contribution in [3.8, 4) is 11.8 Å². The van der Waals surface area contributed by atoms with E-state index >= 15 is 0 Å². The molecule has 1 amide bonds. The van der Waals surface area contributed by atoms with Gasteiger partial charge in [-0.05, 0) is 53.1 Å². The number of alkyl halides is 6. The maximum Gasteiger partial charge on any atom is 0.416 e. The van der Waals surface area contributed by atoms with Crippen LogP contribution < -0.4 is 4.90 Å². The highest BCUT2D eigenvalue weighted by atomic mass is 35.5. The Kier molecular flexibility index (Phi) is 14.4. The lowest BCUT2D eigenvalue weighted by molar-refractivity contribution is -0.143. The van der Waals surface area contributed by atoms with Crippen LogP contribution in [0.3, 0.4) is 0 Å². The standard InChI is InChI=1S/C34H30F6N4O.3ClH/c1-42(30-9-6-12-41-22-30)13-4-5-14-43-15-16-44(31(23-43)18-24-10-11-25-7-2-3-8-26(25)17-24)32(45)27-19-28(33(35,36)37)21-29(20-27)34(38,39)40;;;/h2-3,6-12,17,19-22,31H,13-16,18,23H2,1H3;3*1H/t31-;;;/m1.../s1. The first-order valence-corrected chi connectivity index (χ1v) is 14.3. The first-order valence-electron chi connectivity index (χ1n) is 14.3. The fourth-order valence-electron chi connectivity index (χ4n) is 5.40. The number of anilines is 1. The van der Waals surface area contributed by atoms with E-state index in [0.29, 0.717) is 44.7 Å². The van der Waals surface area contributed by atoms with Gasteiger partial charge in [-0.2, -0.15) is 26.3 Å². The molecule has 1 aromatic heterocycles. The van der Waals surface area contributed by atoms with Gasteiger partial charge in [-0.1, -0.05) is 54.3 Å². The van der Waals surface area contributed by atoms with Gasteiger partial charge in [-0.25, -0.2) is 0 Å². The maximum atomic E-state index is 13.7. The Balaban J connectivity index is 0.00000267. The summed E-state index contributed by atoms with van der Waals surface area (Å²) in [5, 5.41) is 2.01. The summed E-state index contributed by atoms with van der Waals surface area (Å²) in [5.41, 5.74) is -1.87. The number of piperazine rings is 1. The molecule has 1 aliphatic heterocycles. The zero-order valence-electron chi connectivity index (χ0n) is 25.6. The summed E-state index contributed by atoms with van der Waals surface area (Å²) in [7, 11) is 1.90. The number of nitrogens with zero attached hydrogens (tertiary/aromatic N) is 4. The van der Waals surface area contributed by atoms with Crippen LogP contribution in [0.25, 0.3) is 10.8 Å².